The fourth-order valence-electron chi connectivity index (χ4n) is 1.27. The van der Waals surface area contributed by atoms with Crippen LogP contribution in [-0.4, -0.2) is 45.6 Å². The number of rotatable bonds is 6. The highest BCUT2D eigenvalue weighted by atomic mass is 32.2. The lowest BCUT2D eigenvalue weighted by atomic mass is 10.1. The molecule has 0 spiro atoms. The van der Waals surface area contributed by atoms with E-state index < -0.39 is 10.2 Å². The normalized spacial score (nSPS) is 19.6. The van der Waals surface area contributed by atoms with Gasteiger partial charge in [-0.15, -0.1) is 0 Å². The molecule has 0 aromatic rings. The number of nitrogens with two attached hydrogens (primary N) is 2. The van der Waals surface area contributed by atoms with E-state index >= 15 is 0 Å². The van der Waals surface area contributed by atoms with E-state index in [2.05, 4.69) is 0 Å². The largest absolute Gasteiger partial charge is 0.381 e. The van der Waals surface area contributed by atoms with E-state index in [0.29, 0.717) is 32.8 Å². The van der Waals surface area contributed by atoms with Crippen LogP contribution in [0.4, 0.5) is 0 Å². The van der Waals surface area contributed by atoms with E-state index in [1.807, 2.05) is 0 Å². The van der Waals surface area contributed by atoms with Crippen LogP contribution in [0.25, 0.3) is 0 Å². The molecular formula is C7H17N3O3S. The van der Waals surface area contributed by atoms with Crippen molar-refractivity contribution >= 4 is 10.2 Å². The van der Waals surface area contributed by atoms with E-state index in [9.17, 15) is 8.42 Å². The minimum Gasteiger partial charge on any atom is -0.381 e. The minimum atomic E-state index is -3.48. The fourth-order valence-corrected chi connectivity index (χ4v) is 2.11. The van der Waals surface area contributed by atoms with Crippen molar-refractivity contribution in [2.75, 3.05) is 32.8 Å². The Balaban J connectivity index is 2.05. The summed E-state index contributed by atoms with van der Waals surface area (Å²) in [6, 6.07) is 0. The van der Waals surface area contributed by atoms with Gasteiger partial charge in [0, 0.05) is 25.6 Å². The standard InChI is InChI=1S/C7H17N3O3S/c8-2-1-3-13-6-7-4-10(5-7)14(9,11)12/h7H,1-6,8H2,(H2,9,11,12). The lowest BCUT2D eigenvalue weighted by Crippen LogP contribution is -2.53. The van der Waals surface area contributed by atoms with E-state index in [-0.39, 0.29) is 5.92 Å². The van der Waals surface area contributed by atoms with E-state index in [0.717, 1.165) is 6.42 Å². The van der Waals surface area contributed by atoms with Gasteiger partial charge in [-0.3, -0.25) is 0 Å². The highest BCUT2D eigenvalue weighted by molar-refractivity contribution is 7.86. The summed E-state index contributed by atoms with van der Waals surface area (Å²) in [7, 11) is -3.48. The first kappa shape index (κ1) is 11.9. The van der Waals surface area contributed by atoms with Gasteiger partial charge in [0.2, 0.25) is 0 Å². The van der Waals surface area contributed by atoms with E-state index in [1.165, 1.54) is 4.31 Å². The van der Waals surface area contributed by atoms with E-state index in [4.69, 9.17) is 15.6 Å². The average molecular weight is 223 g/mol. The third-order valence-electron chi connectivity index (χ3n) is 2.13. The molecule has 0 unspecified atom stereocenters. The van der Waals surface area contributed by atoms with Crippen LogP contribution in [0.1, 0.15) is 6.42 Å². The molecule has 1 saturated heterocycles. The van der Waals surface area contributed by atoms with Crippen LogP contribution in [-0.2, 0) is 14.9 Å². The van der Waals surface area contributed by atoms with Gasteiger partial charge >= 0.3 is 0 Å². The molecule has 0 atom stereocenters. The molecule has 0 saturated carbocycles. The van der Waals surface area contributed by atoms with Gasteiger partial charge in [0.25, 0.3) is 10.2 Å². The second kappa shape index (κ2) is 5.04. The van der Waals surface area contributed by atoms with Crippen molar-refractivity contribution in [2.24, 2.45) is 16.8 Å². The van der Waals surface area contributed by atoms with Crippen LogP contribution >= 0.6 is 0 Å². The van der Waals surface area contributed by atoms with Crippen LogP contribution in [0, 0.1) is 5.92 Å². The van der Waals surface area contributed by atoms with Gasteiger partial charge in [0.1, 0.15) is 0 Å². The molecule has 0 aromatic heterocycles. The summed E-state index contributed by atoms with van der Waals surface area (Å²) < 4.78 is 28.1. The Morgan fingerprint density at radius 3 is 2.57 bits per heavy atom. The molecule has 0 amide bonds. The summed E-state index contributed by atoms with van der Waals surface area (Å²) in [5.41, 5.74) is 5.29. The topological polar surface area (TPSA) is 98.7 Å². The maximum atomic E-state index is 10.8. The first-order valence-corrected chi connectivity index (χ1v) is 6.10. The molecular weight excluding hydrogens is 206 g/mol. The molecule has 0 aromatic carbocycles. The Labute approximate surface area is 84.4 Å². The summed E-state index contributed by atoms with van der Waals surface area (Å²) in [5.74, 6) is 0.283. The zero-order chi connectivity index (χ0) is 10.6. The van der Waals surface area contributed by atoms with Crippen LogP contribution in [0.3, 0.4) is 0 Å². The Morgan fingerprint density at radius 2 is 2.07 bits per heavy atom. The summed E-state index contributed by atoms with van der Waals surface area (Å²) in [6.45, 7) is 2.80. The van der Waals surface area contributed by atoms with Crippen LogP contribution in [0.5, 0.6) is 0 Å². The summed E-state index contributed by atoms with van der Waals surface area (Å²) in [4.78, 5) is 0. The van der Waals surface area contributed by atoms with Gasteiger partial charge in [-0.1, -0.05) is 0 Å². The summed E-state index contributed by atoms with van der Waals surface area (Å²) in [6.07, 6.45) is 0.839. The molecule has 7 heteroatoms. The van der Waals surface area contributed by atoms with Crippen molar-refractivity contribution < 1.29 is 13.2 Å². The Bertz CT molecular complexity index is 261. The molecule has 1 fully saturated rings. The van der Waals surface area contributed by atoms with Crippen molar-refractivity contribution in [2.45, 2.75) is 6.42 Å². The third kappa shape index (κ3) is 3.50. The Hall–Kier alpha value is -0.210. The highest BCUT2D eigenvalue weighted by Gasteiger charge is 2.33. The zero-order valence-corrected chi connectivity index (χ0v) is 8.87. The van der Waals surface area contributed by atoms with Gasteiger partial charge in [0.15, 0.2) is 0 Å². The highest BCUT2D eigenvalue weighted by Crippen LogP contribution is 2.17. The second-order valence-corrected chi connectivity index (χ2v) is 4.99. The lowest BCUT2D eigenvalue weighted by Gasteiger charge is -2.36. The molecule has 4 N–H and O–H groups in total. The monoisotopic (exact) mass is 223 g/mol. The van der Waals surface area contributed by atoms with Crippen LogP contribution in [0.15, 0.2) is 0 Å². The van der Waals surface area contributed by atoms with Gasteiger partial charge in [-0.2, -0.15) is 12.7 Å². The zero-order valence-electron chi connectivity index (χ0n) is 8.05. The first-order chi connectivity index (χ1) is 6.54. The van der Waals surface area contributed by atoms with Crippen LogP contribution < -0.4 is 10.9 Å². The summed E-state index contributed by atoms with van der Waals surface area (Å²) >= 11 is 0. The average Bonchev–Trinajstić information content (AvgIpc) is 1.98. The van der Waals surface area contributed by atoms with E-state index in [1.54, 1.807) is 0 Å². The van der Waals surface area contributed by atoms with Gasteiger partial charge in [-0.05, 0) is 13.0 Å². The molecule has 1 heterocycles. The molecule has 1 rings (SSSR count). The predicted molar refractivity (Wildman–Crippen MR) is 52.7 cm³/mol. The SMILES string of the molecule is NCCCOCC1CN(S(N)(=O)=O)C1. The Kier molecular flexibility index (Phi) is 4.27. The molecule has 6 nitrogen and oxygen atoms in total. The quantitative estimate of drug-likeness (QED) is 0.535. The summed E-state index contributed by atoms with van der Waals surface area (Å²) in [5, 5.41) is 4.92. The fraction of sp³-hybridized carbons (Fsp3) is 1.00. The van der Waals surface area contributed by atoms with Crippen molar-refractivity contribution in [3.8, 4) is 0 Å². The van der Waals surface area contributed by atoms with Crippen molar-refractivity contribution in [1.82, 2.24) is 4.31 Å². The second-order valence-electron chi connectivity index (χ2n) is 3.45. The third-order valence-corrected chi connectivity index (χ3v) is 3.15. The van der Waals surface area contributed by atoms with Crippen molar-refractivity contribution in [3.63, 3.8) is 0 Å². The smallest absolute Gasteiger partial charge is 0.276 e. The first-order valence-electron chi connectivity index (χ1n) is 4.59. The molecule has 0 radical (unpaired) electrons. The molecule has 1 aliphatic rings. The molecule has 0 bridgehead atoms. The Morgan fingerprint density at radius 1 is 1.43 bits per heavy atom. The molecule has 84 valence electrons. The predicted octanol–water partition coefficient (Wildman–Crippen LogP) is -1.51. The number of hydrogen-bond donors (Lipinski definition) is 2. The van der Waals surface area contributed by atoms with Gasteiger partial charge < -0.3 is 10.5 Å². The maximum Gasteiger partial charge on any atom is 0.276 e. The maximum absolute atomic E-state index is 10.8. The van der Waals surface area contributed by atoms with Gasteiger partial charge in [0.05, 0.1) is 6.61 Å². The minimum absolute atomic E-state index is 0.283. The van der Waals surface area contributed by atoms with Gasteiger partial charge in [-0.25, -0.2) is 5.14 Å². The van der Waals surface area contributed by atoms with Crippen molar-refractivity contribution in [1.29, 1.82) is 0 Å². The molecule has 14 heavy (non-hydrogen) atoms. The number of ether oxygens (including phenoxy) is 1. The number of hydrogen-bond acceptors (Lipinski definition) is 4. The lowest BCUT2D eigenvalue weighted by molar-refractivity contribution is 0.0503. The molecule has 1 aliphatic heterocycles. The molecule has 0 aliphatic carbocycles. The van der Waals surface area contributed by atoms with Crippen LogP contribution in [0.2, 0.25) is 0 Å². The van der Waals surface area contributed by atoms with Crippen molar-refractivity contribution in [3.05, 3.63) is 0 Å². The number of nitrogens with zero attached hydrogens (tertiary/aromatic N) is 1.